The van der Waals surface area contributed by atoms with Crippen molar-refractivity contribution in [2.75, 3.05) is 45.6 Å². The summed E-state index contributed by atoms with van der Waals surface area (Å²) in [6, 6.07) is 0.153. The molecule has 0 spiro atoms. The van der Waals surface area contributed by atoms with Gasteiger partial charge in [-0.3, -0.25) is 76.9 Å². The number of hydrogen-bond donors (Lipinski definition) is 9. The molecule has 11 N–H and O–H groups in total. The summed E-state index contributed by atoms with van der Waals surface area (Å²) in [5.41, 5.74) is 11.7. The zero-order valence-corrected chi connectivity index (χ0v) is 46.4. The molecule has 80 heavy (non-hydrogen) atoms. The van der Waals surface area contributed by atoms with Gasteiger partial charge in [0.2, 0.25) is 65.0 Å². The van der Waals surface area contributed by atoms with E-state index in [1.54, 1.807) is 19.9 Å². The Kier molecular flexibility index (Phi) is 28.9. The number of primary amides is 2. The second kappa shape index (κ2) is 34.9. The Hall–Kier alpha value is -7.91. The number of nitrogens with two attached hydrogens (primary N) is 2. The van der Waals surface area contributed by atoms with Crippen LogP contribution in [0.2, 0.25) is 0 Å². The maximum absolute atomic E-state index is 13.4. The van der Waals surface area contributed by atoms with E-state index in [4.69, 9.17) is 20.9 Å². The van der Waals surface area contributed by atoms with Gasteiger partial charge in [-0.25, -0.2) is 0 Å². The van der Waals surface area contributed by atoms with Crippen molar-refractivity contribution in [3.05, 3.63) is 35.9 Å². The summed E-state index contributed by atoms with van der Waals surface area (Å²) >= 11 is 0.941. The fourth-order valence-electron chi connectivity index (χ4n) is 8.05. The van der Waals surface area contributed by atoms with Crippen molar-refractivity contribution in [2.24, 2.45) is 11.5 Å². The van der Waals surface area contributed by atoms with E-state index in [-0.39, 0.29) is 113 Å². The minimum atomic E-state index is -1.24. The molecule has 13 amide bonds. The first-order valence-electron chi connectivity index (χ1n) is 26.5. The maximum Gasteiger partial charge on any atom is 0.313 e. The number of unbranched alkanes of at least 4 members (excludes halogenated alkanes) is 3. The number of esters is 1. The Bertz CT molecular complexity index is 2460. The molecule has 0 bridgehead atoms. The molecular formula is C52H75N11O16S. The van der Waals surface area contributed by atoms with Gasteiger partial charge < -0.3 is 58.2 Å². The van der Waals surface area contributed by atoms with Crippen LogP contribution in [0.4, 0.5) is 0 Å². The van der Waals surface area contributed by atoms with Gasteiger partial charge in [0.05, 0.1) is 25.2 Å². The van der Waals surface area contributed by atoms with Crippen molar-refractivity contribution in [3.63, 3.8) is 0 Å². The topological polar surface area (TPSA) is 400 Å². The largest absolute Gasteiger partial charge is 0.493 e. The van der Waals surface area contributed by atoms with Crippen LogP contribution in [0, 0.1) is 0 Å². The first kappa shape index (κ1) is 66.4. The first-order chi connectivity index (χ1) is 38.1. The summed E-state index contributed by atoms with van der Waals surface area (Å²) in [4.78, 5) is 176. The zero-order chi connectivity index (χ0) is 59.3. The van der Waals surface area contributed by atoms with Crippen LogP contribution in [-0.2, 0) is 73.5 Å². The molecule has 27 nitrogen and oxygen atoms in total. The lowest BCUT2D eigenvalue weighted by Gasteiger charge is -2.22. The molecule has 0 aromatic heterocycles. The van der Waals surface area contributed by atoms with Crippen molar-refractivity contribution in [3.8, 4) is 11.5 Å². The minimum Gasteiger partial charge on any atom is -0.493 e. The molecule has 0 saturated carbocycles. The lowest BCUT2D eigenvalue weighted by atomic mass is 10.1. The lowest BCUT2D eigenvalue weighted by Crippen LogP contribution is -2.53. The van der Waals surface area contributed by atoms with Gasteiger partial charge >= 0.3 is 5.97 Å². The number of nitrogens with zero attached hydrogens (tertiary/aromatic N) is 2. The summed E-state index contributed by atoms with van der Waals surface area (Å²) in [6.45, 7) is 4.94. The van der Waals surface area contributed by atoms with Gasteiger partial charge in [-0.05, 0) is 75.5 Å². The van der Waals surface area contributed by atoms with E-state index in [0.29, 0.717) is 57.1 Å². The van der Waals surface area contributed by atoms with Gasteiger partial charge in [-0.1, -0.05) is 19.9 Å². The average molecular weight is 1140 g/mol. The highest BCUT2D eigenvalue weighted by Crippen LogP contribution is 2.29. The molecule has 440 valence electrons. The van der Waals surface area contributed by atoms with E-state index in [1.165, 1.54) is 26.2 Å². The molecule has 2 aliphatic rings. The molecule has 2 heterocycles. The van der Waals surface area contributed by atoms with E-state index in [0.717, 1.165) is 33.7 Å². The summed E-state index contributed by atoms with van der Waals surface area (Å²) in [7, 11) is 1.35. The first-order valence-corrected chi connectivity index (χ1v) is 27.5. The third-order valence-electron chi connectivity index (χ3n) is 12.5. The highest BCUT2D eigenvalue weighted by atomic mass is 32.2. The number of rotatable bonds is 38. The molecular weight excluding hydrogens is 1070 g/mol. The highest BCUT2D eigenvalue weighted by Gasteiger charge is 2.40. The van der Waals surface area contributed by atoms with Crippen LogP contribution in [0.25, 0.3) is 0 Å². The Balaban J connectivity index is 1.38. The van der Waals surface area contributed by atoms with E-state index in [1.807, 2.05) is 0 Å². The number of thioether (sulfide) groups is 1. The lowest BCUT2D eigenvalue weighted by molar-refractivity contribution is -0.141. The van der Waals surface area contributed by atoms with E-state index >= 15 is 0 Å². The fourth-order valence-corrected chi connectivity index (χ4v) is 9.24. The van der Waals surface area contributed by atoms with Gasteiger partial charge in [-0.2, -0.15) is 0 Å². The number of nitrogens with one attached hydrogen (secondary N) is 7. The molecule has 1 aromatic rings. The smallest absolute Gasteiger partial charge is 0.313 e. The van der Waals surface area contributed by atoms with E-state index < -0.39 is 94.5 Å². The van der Waals surface area contributed by atoms with Crippen LogP contribution in [0.15, 0.2) is 30.4 Å². The van der Waals surface area contributed by atoms with Crippen molar-refractivity contribution in [1.29, 1.82) is 0 Å². The quantitative estimate of drug-likeness (QED) is 0.0155. The van der Waals surface area contributed by atoms with Crippen LogP contribution in [-0.4, -0.2) is 168 Å². The highest BCUT2D eigenvalue weighted by molar-refractivity contribution is 8.00. The Morgan fingerprint density at radius 2 is 1.15 bits per heavy atom. The fraction of sp³-hybridized carbons (Fsp3) is 0.577. The molecule has 3 rings (SSSR count). The molecule has 1 saturated heterocycles. The SMILES string of the molecule is CCC(=O)NCCCCC(NC(=O)CC)C(=O)NC(CCCCNC(=O)CCN1C(=O)CC(SCC(NC(C)=O)C(=O)NC(CCCCNC(=O)Cc2ccc(OC(=O)CCN3C(=O)C=CC3=O)c(OC)c2)C(N)=O)C1=O)C(N)=O. The molecule has 5 unspecified atom stereocenters. The monoisotopic (exact) mass is 1140 g/mol. The van der Waals surface area contributed by atoms with Gasteiger partial charge in [-0.15, -0.1) is 11.8 Å². The molecule has 0 radical (unpaired) electrons. The number of ether oxygens (including phenoxy) is 2. The van der Waals surface area contributed by atoms with Crippen molar-refractivity contribution >= 4 is 94.5 Å². The number of benzene rings is 1. The number of likely N-dealkylation sites (tertiary alicyclic amines) is 1. The number of carbonyl (C=O) groups excluding carboxylic acids is 14. The number of hydrogen-bond acceptors (Lipinski definition) is 17. The average Bonchev–Trinajstić information content (AvgIpc) is 3.88. The van der Waals surface area contributed by atoms with E-state index in [2.05, 4.69) is 37.2 Å². The Morgan fingerprint density at radius 1 is 0.625 bits per heavy atom. The molecule has 5 atom stereocenters. The number of imide groups is 2. The number of carbonyl (C=O) groups is 14. The molecule has 28 heteroatoms. The third kappa shape index (κ3) is 23.6. The predicted molar refractivity (Wildman–Crippen MR) is 288 cm³/mol. The maximum atomic E-state index is 13.4. The summed E-state index contributed by atoms with van der Waals surface area (Å²) in [6.07, 6.45) is 4.97. The molecule has 0 aliphatic carbocycles. The normalized spacial score (nSPS) is 15.3. The van der Waals surface area contributed by atoms with E-state index in [9.17, 15) is 67.1 Å². The third-order valence-corrected chi connectivity index (χ3v) is 13.8. The summed E-state index contributed by atoms with van der Waals surface area (Å²) in [5, 5.41) is 17.6. The number of amides is 13. The molecule has 1 fully saturated rings. The van der Waals surface area contributed by atoms with Gasteiger partial charge in [0.25, 0.3) is 11.8 Å². The molecule has 2 aliphatic heterocycles. The Labute approximate surface area is 467 Å². The molecule has 1 aromatic carbocycles. The number of methoxy groups -OCH3 is 1. The van der Waals surface area contributed by atoms with Crippen molar-refractivity contribution in [2.45, 2.75) is 147 Å². The zero-order valence-electron chi connectivity index (χ0n) is 45.6. The van der Waals surface area contributed by atoms with Crippen LogP contribution in [0.1, 0.15) is 116 Å². The van der Waals surface area contributed by atoms with Gasteiger partial charge in [0, 0.05) is 83.2 Å². The predicted octanol–water partition coefficient (Wildman–Crippen LogP) is -1.68. The second-order valence-corrected chi connectivity index (χ2v) is 20.0. The van der Waals surface area contributed by atoms with Crippen molar-refractivity contribution in [1.82, 2.24) is 47.0 Å². The van der Waals surface area contributed by atoms with Crippen LogP contribution >= 0.6 is 11.8 Å². The standard InChI is InChI=1S/C52H75N11O16S/c1-5-40(65)55-22-12-9-15-35(59-41(66)6-2)50(75)60-33(48(53)73)13-7-10-23-56-42(67)20-25-63-46(71)29-39(52(63)77)80-30-36(58-31(3)64)51(76)61-34(49(54)74)14-8-11-24-57-43(68)28-32-16-17-37(38(27-32)78-4)79-47(72)21-26-62-44(69)18-19-45(62)70/h16-19,27,33-36,39H,5-15,20-26,28-30H2,1-4H3,(H2,53,73)(H2,54,74)(H,55,65)(H,56,67)(H,57,68)(H,58,64)(H,59,66)(H,60,75)(H,61,76). The van der Waals surface area contributed by atoms with Crippen molar-refractivity contribution < 1.29 is 76.6 Å². The van der Waals surface area contributed by atoms with Gasteiger partial charge in [0.15, 0.2) is 11.5 Å². The Morgan fingerprint density at radius 3 is 1.69 bits per heavy atom. The van der Waals surface area contributed by atoms with Gasteiger partial charge in [0.1, 0.15) is 24.2 Å². The van der Waals surface area contributed by atoms with Crippen LogP contribution in [0.3, 0.4) is 0 Å². The minimum absolute atomic E-state index is 0.0656. The summed E-state index contributed by atoms with van der Waals surface area (Å²) in [5.74, 6) is -7.65. The van der Waals surface area contributed by atoms with Crippen LogP contribution < -0.4 is 58.2 Å². The summed E-state index contributed by atoms with van der Waals surface area (Å²) < 4.78 is 10.7. The van der Waals surface area contributed by atoms with Crippen LogP contribution in [0.5, 0.6) is 11.5 Å². The second-order valence-electron chi connectivity index (χ2n) is 18.8.